The van der Waals surface area contributed by atoms with Gasteiger partial charge in [-0.25, -0.2) is 0 Å². The van der Waals surface area contributed by atoms with E-state index in [0.29, 0.717) is 0 Å². The van der Waals surface area contributed by atoms with E-state index in [1.54, 1.807) is 0 Å². The van der Waals surface area contributed by atoms with Gasteiger partial charge in [0.15, 0.2) is 0 Å². The average Bonchev–Trinajstić information content (AvgIpc) is 1.14. The fraction of sp³-hybridized carbons (Fsp3) is 0. The van der Waals surface area contributed by atoms with Crippen LogP contribution in [0, 0.1) is 7.43 Å². The molecule has 0 aromatic heterocycles. The minimum Gasteiger partial charge on any atom is -0.790 e. The van der Waals surface area contributed by atoms with Crippen LogP contribution in [0.25, 0.3) is 0 Å². The zero-order valence-electron chi connectivity index (χ0n) is 4.25. The van der Waals surface area contributed by atoms with Crippen molar-refractivity contribution in [3.63, 3.8) is 0 Å². The molecule has 56 valence electrons. The summed E-state index contributed by atoms with van der Waals surface area (Å²) >= 11 is 0. The van der Waals surface area contributed by atoms with Crippen LogP contribution in [0.1, 0.15) is 0 Å². The predicted octanol–water partition coefficient (Wildman–Crippen LogP) is -3.26. The van der Waals surface area contributed by atoms with Gasteiger partial charge < -0.3 is 33.0 Å². The van der Waals surface area contributed by atoms with Gasteiger partial charge in [-0.1, -0.05) is 0 Å². The average molecular weight is 186 g/mol. The minimum atomic E-state index is -5.68. The molecule has 10 heavy (non-hydrogen) atoms. The third-order valence-corrected chi connectivity index (χ3v) is 1.80. The Balaban J connectivity index is 0. The van der Waals surface area contributed by atoms with Crippen LogP contribution in [0.4, 0.5) is 0 Å². The topological polar surface area (TPSA) is 136 Å². The van der Waals surface area contributed by atoms with E-state index in [2.05, 4.69) is 4.31 Å². The van der Waals surface area contributed by atoms with E-state index in [4.69, 9.17) is 0 Å². The van der Waals surface area contributed by atoms with Crippen molar-refractivity contribution in [2.75, 3.05) is 0 Å². The minimum absolute atomic E-state index is 0. The smallest absolute Gasteiger partial charge is 0.790 e. The summed E-state index contributed by atoms with van der Waals surface area (Å²) in [5.74, 6) is 0. The first kappa shape index (κ1) is 12.9. The monoisotopic (exact) mass is 186 g/mol. The summed E-state index contributed by atoms with van der Waals surface area (Å²) < 4.78 is 21.2. The maximum Gasteiger partial charge on any atom is 4.00 e. The summed E-state index contributed by atoms with van der Waals surface area (Å²) in [6, 6.07) is 0. The quantitative estimate of drug-likeness (QED) is 0.412. The van der Waals surface area contributed by atoms with Gasteiger partial charge in [0.25, 0.3) is 0 Å². The first-order valence-electron chi connectivity index (χ1n) is 1.46. The van der Waals surface area contributed by atoms with Crippen molar-refractivity contribution in [2.45, 2.75) is 0 Å². The van der Waals surface area contributed by atoms with Gasteiger partial charge in [-0.2, -0.15) is 0 Å². The Labute approximate surface area is 57.1 Å². The van der Waals surface area contributed by atoms with Gasteiger partial charge in [-0.05, 0) is 0 Å². The van der Waals surface area contributed by atoms with Crippen LogP contribution in [0.5, 0.6) is 0 Å². The van der Waals surface area contributed by atoms with Gasteiger partial charge in [0.1, 0.15) is 0 Å². The van der Waals surface area contributed by atoms with E-state index in [-0.39, 0.29) is 7.43 Å². The Morgan fingerprint density at radius 3 is 1.10 bits per heavy atom. The summed E-state index contributed by atoms with van der Waals surface area (Å²) in [6.07, 6.45) is 0. The van der Waals surface area contributed by atoms with Crippen molar-refractivity contribution in [3.05, 3.63) is 7.43 Å². The van der Waals surface area contributed by atoms with Crippen LogP contribution in [0.15, 0.2) is 0 Å². The molecular formula is CO7P2. The van der Waals surface area contributed by atoms with Crippen LogP contribution < -0.4 is 19.6 Å². The Morgan fingerprint density at radius 2 is 1.10 bits per heavy atom. The van der Waals surface area contributed by atoms with Gasteiger partial charge in [-0.15, -0.1) is 0 Å². The predicted molar refractivity (Wildman–Crippen MR) is 19.5 cm³/mol. The second-order valence-electron chi connectivity index (χ2n) is 0.976. The Kier molecular flexibility index (Phi) is 4.63. The van der Waals surface area contributed by atoms with Crippen LogP contribution >= 0.6 is 15.6 Å². The second-order valence-corrected chi connectivity index (χ2v) is 3.42. The largest absolute Gasteiger partial charge is 4.00 e. The van der Waals surface area contributed by atoms with E-state index >= 15 is 0 Å². The summed E-state index contributed by atoms with van der Waals surface area (Å²) in [6.45, 7) is 0. The van der Waals surface area contributed by atoms with Gasteiger partial charge in [0, 0.05) is 0 Å². The van der Waals surface area contributed by atoms with E-state index < -0.39 is 15.6 Å². The van der Waals surface area contributed by atoms with Crippen LogP contribution in [0.3, 0.4) is 0 Å². The number of hydrogen-bond acceptors (Lipinski definition) is 7. The maximum atomic E-state index is 9.32. The Hall–Kier alpha value is 0.260. The molecule has 0 saturated heterocycles. The molecule has 0 aliphatic rings. The zero-order valence-corrected chi connectivity index (χ0v) is 6.04. The van der Waals surface area contributed by atoms with Crippen molar-refractivity contribution in [2.24, 2.45) is 0 Å². The molecule has 0 heterocycles. The molecule has 0 aliphatic carbocycles. The summed E-state index contributed by atoms with van der Waals surface area (Å²) in [4.78, 5) is 37.3. The molecule has 0 radical (unpaired) electrons. The molecule has 0 saturated carbocycles. The third-order valence-electron chi connectivity index (χ3n) is 0.200. The summed E-state index contributed by atoms with van der Waals surface area (Å²) in [5.41, 5.74) is 0. The molecular weight excluding hydrogens is 186 g/mol. The number of phosphoric acid groups is 2. The van der Waals surface area contributed by atoms with Crippen molar-refractivity contribution in [1.29, 1.82) is 0 Å². The molecule has 0 aromatic rings. The normalized spacial score (nSPS) is 12.4. The SMILES string of the molecule is O=P([O-])([O-])OP(=O)([O-])[O-].[C+4]. The fourth-order valence-corrected chi connectivity index (χ4v) is 1.10. The van der Waals surface area contributed by atoms with Gasteiger partial charge in [-0.3, -0.25) is 0 Å². The molecule has 0 rings (SSSR count). The van der Waals surface area contributed by atoms with Crippen LogP contribution in [-0.4, -0.2) is 0 Å². The van der Waals surface area contributed by atoms with E-state index in [0.717, 1.165) is 0 Å². The van der Waals surface area contributed by atoms with Crippen molar-refractivity contribution >= 4 is 15.6 Å². The second kappa shape index (κ2) is 3.59. The molecule has 0 amide bonds. The van der Waals surface area contributed by atoms with Gasteiger partial charge in [0.2, 0.25) is 0 Å². The molecule has 9 heteroatoms. The molecule has 0 spiro atoms. The number of rotatable bonds is 2. The Morgan fingerprint density at radius 1 is 0.900 bits per heavy atom. The zero-order chi connectivity index (χ0) is 7.71. The third kappa shape index (κ3) is 11.1. The first-order valence-corrected chi connectivity index (χ1v) is 4.38. The molecule has 0 atom stereocenters. The molecule has 0 aliphatic heterocycles. The molecule has 0 unspecified atom stereocenters. The molecule has 7 nitrogen and oxygen atoms in total. The fourth-order valence-electron chi connectivity index (χ4n) is 0.122. The summed E-state index contributed by atoms with van der Waals surface area (Å²) in [7, 11) is -11.4. The molecule has 0 aromatic carbocycles. The number of hydrogen-bond donors (Lipinski definition) is 0. The van der Waals surface area contributed by atoms with Gasteiger partial charge >= 0.3 is 7.43 Å². The van der Waals surface area contributed by atoms with Crippen LogP contribution in [-0.2, 0) is 13.4 Å². The van der Waals surface area contributed by atoms with Gasteiger partial charge in [0.05, 0.1) is 15.6 Å². The van der Waals surface area contributed by atoms with Crippen molar-refractivity contribution < 1.29 is 33.0 Å². The van der Waals surface area contributed by atoms with E-state index in [1.165, 1.54) is 0 Å². The summed E-state index contributed by atoms with van der Waals surface area (Å²) in [5, 5.41) is 0. The molecule has 0 fully saturated rings. The Bertz CT molecular complexity index is 152. The standard InChI is InChI=1S/C.H4O7P2/c;1-8(2,3)7-9(4,5)6/h;(H2,1,2,3)(H2,4,5,6)/q+4;/p-4. The van der Waals surface area contributed by atoms with E-state index in [1.807, 2.05) is 0 Å². The molecule has 0 bridgehead atoms. The maximum absolute atomic E-state index is 9.32. The van der Waals surface area contributed by atoms with Crippen molar-refractivity contribution in [1.82, 2.24) is 0 Å². The van der Waals surface area contributed by atoms with E-state index in [9.17, 15) is 28.7 Å². The van der Waals surface area contributed by atoms with Crippen LogP contribution in [0.2, 0.25) is 0 Å². The first-order chi connectivity index (χ1) is 3.71. The molecule has 0 N–H and O–H groups in total. The van der Waals surface area contributed by atoms with Crippen molar-refractivity contribution in [3.8, 4) is 0 Å².